The second-order valence-corrected chi connectivity index (χ2v) is 7.54. The number of hydrogen-bond donors (Lipinski definition) is 0. The van der Waals surface area contributed by atoms with Crippen LogP contribution in [0, 0.1) is 0 Å². The molecule has 0 N–H and O–H groups in total. The van der Waals surface area contributed by atoms with E-state index in [0.717, 1.165) is 17.0 Å². The Morgan fingerprint density at radius 3 is 2.46 bits per heavy atom. The van der Waals surface area contributed by atoms with Gasteiger partial charge in [-0.3, -0.25) is 4.79 Å². The topological polar surface area (TPSA) is 68.3 Å². The van der Waals surface area contributed by atoms with Crippen molar-refractivity contribution in [3.05, 3.63) is 23.8 Å². The lowest BCUT2D eigenvalue weighted by molar-refractivity contribution is -0.142. The molecule has 2 aliphatic rings. The number of nitrogens with zero attached hydrogens (tertiary/aromatic N) is 2. The summed E-state index contributed by atoms with van der Waals surface area (Å²) in [6.07, 6.45) is -0.280. The zero-order valence-electron chi connectivity index (χ0n) is 15.8. The third-order valence-electron chi connectivity index (χ3n) is 4.55. The molecule has 0 radical (unpaired) electrons. The summed E-state index contributed by atoms with van der Waals surface area (Å²) in [5, 5.41) is 0. The van der Waals surface area contributed by atoms with Crippen LogP contribution < -0.4 is 9.64 Å². The van der Waals surface area contributed by atoms with Crippen LogP contribution in [-0.2, 0) is 14.3 Å². The summed E-state index contributed by atoms with van der Waals surface area (Å²) in [7, 11) is 1.39. The Bertz CT molecular complexity index is 690. The van der Waals surface area contributed by atoms with Crippen molar-refractivity contribution < 1.29 is 23.8 Å². The molecule has 2 heterocycles. The van der Waals surface area contributed by atoms with Crippen molar-refractivity contribution in [1.82, 2.24) is 4.90 Å². The molecule has 0 spiro atoms. The van der Waals surface area contributed by atoms with Crippen molar-refractivity contribution in [1.29, 1.82) is 0 Å². The molecule has 0 saturated carbocycles. The number of fused-ring (bicyclic) bond motifs is 1. The van der Waals surface area contributed by atoms with Crippen LogP contribution in [0.25, 0.3) is 0 Å². The lowest BCUT2D eigenvalue weighted by Crippen LogP contribution is -2.50. The first kappa shape index (κ1) is 18.4. The largest absolute Gasteiger partial charge is 0.490 e. The molecular weight excluding hydrogens is 336 g/mol. The molecule has 2 aliphatic heterocycles. The van der Waals surface area contributed by atoms with Gasteiger partial charge in [0.25, 0.3) is 0 Å². The van der Waals surface area contributed by atoms with Crippen LogP contribution in [0.15, 0.2) is 18.2 Å². The minimum absolute atomic E-state index is 0.280. The minimum atomic E-state index is -0.495. The predicted octanol–water partition coefficient (Wildman–Crippen LogP) is 2.39. The lowest BCUT2D eigenvalue weighted by atomic mass is 10.0. The van der Waals surface area contributed by atoms with Gasteiger partial charge in [-0.25, -0.2) is 4.79 Å². The van der Waals surface area contributed by atoms with E-state index in [4.69, 9.17) is 14.2 Å². The van der Waals surface area contributed by atoms with E-state index in [1.54, 1.807) is 4.90 Å². The van der Waals surface area contributed by atoms with Gasteiger partial charge >= 0.3 is 12.1 Å². The fraction of sp³-hybridized carbons (Fsp3) is 0.579. The van der Waals surface area contributed by atoms with Crippen LogP contribution >= 0.6 is 0 Å². The first-order valence-corrected chi connectivity index (χ1v) is 8.86. The summed E-state index contributed by atoms with van der Waals surface area (Å²) in [6.45, 7) is 8.43. The Balaban J connectivity index is 1.69. The molecule has 142 valence electrons. The summed E-state index contributed by atoms with van der Waals surface area (Å²) in [5.41, 5.74) is 1.33. The van der Waals surface area contributed by atoms with Crippen LogP contribution in [0.5, 0.6) is 5.75 Å². The zero-order valence-corrected chi connectivity index (χ0v) is 15.8. The van der Waals surface area contributed by atoms with Crippen molar-refractivity contribution in [2.24, 2.45) is 0 Å². The number of para-hydroxylation sites is 1. The fourth-order valence-corrected chi connectivity index (χ4v) is 3.27. The van der Waals surface area contributed by atoms with Crippen molar-refractivity contribution in [3.63, 3.8) is 0 Å². The molecule has 0 aromatic heterocycles. The first-order valence-electron chi connectivity index (χ1n) is 8.86. The number of carbonyl (C=O) groups is 2. The molecule has 7 nitrogen and oxygen atoms in total. The molecule has 1 aromatic carbocycles. The van der Waals surface area contributed by atoms with E-state index in [1.165, 1.54) is 7.11 Å². The van der Waals surface area contributed by atoms with E-state index in [2.05, 4.69) is 4.90 Å². The molecule has 1 amide bonds. The maximum Gasteiger partial charge on any atom is 0.410 e. The highest BCUT2D eigenvalue weighted by Crippen LogP contribution is 2.42. The van der Waals surface area contributed by atoms with E-state index in [1.807, 2.05) is 39.0 Å². The first-order chi connectivity index (χ1) is 12.3. The quantitative estimate of drug-likeness (QED) is 0.753. The number of amides is 1. The number of methoxy groups -OCH3 is 1. The van der Waals surface area contributed by atoms with Gasteiger partial charge in [-0.15, -0.1) is 0 Å². The number of benzene rings is 1. The maximum absolute atomic E-state index is 12.2. The van der Waals surface area contributed by atoms with Crippen molar-refractivity contribution >= 4 is 17.7 Å². The smallest absolute Gasteiger partial charge is 0.410 e. The van der Waals surface area contributed by atoms with Gasteiger partial charge < -0.3 is 24.0 Å². The fourth-order valence-electron chi connectivity index (χ4n) is 3.27. The van der Waals surface area contributed by atoms with Crippen LogP contribution in [0.3, 0.4) is 0 Å². The third kappa shape index (κ3) is 3.71. The molecule has 1 atom stereocenters. The predicted molar refractivity (Wildman–Crippen MR) is 96.7 cm³/mol. The summed E-state index contributed by atoms with van der Waals surface area (Å²) >= 11 is 0. The number of anilines is 1. The highest BCUT2D eigenvalue weighted by atomic mass is 16.6. The van der Waals surface area contributed by atoms with Crippen molar-refractivity contribution in [2.75, 3.05) is 44.8 Å². The van der Waals surface area contributed by atoms with Gasteiger partial charge in [-0.05, 0) is 26.8 Å². The molecule has 7 heteroatoms. The average Bonchev–Trinajstić information content (AvgIpc) is 3.04. The SMILES string of the molecule is COC(=O)C1COc2c1cccc2N1CCN(C(=O)OC(C)(C)C)CC1. The average molecular weight is 362 g/mol. The molecule has 0 aliphatic carbocycles. The van der Waals surface area contributed by atoms with E-state index in [9.17, 15) is 9.59 Å². The Labute approximate surface area is 153 Å². The third-order valence-corrected chi connectivity index (χ3v) is 4.55. The van der Waals surface area contributed by atoms with Gasteiger partial charge in [-0.1, -0.05) is 12.1 Å². The second kappa shape index (κ2) is 7.05. The number of ether oxygens (including phenoxy) is 3. The summed E-state index contributed by atoms with van der Waals surface area (Å²) in [4.78, 5) is 28.0. The lowest BCUT2D eigenvalue weighted by Gasteiger charge is -2.37. The Kier molecular flexibility index (Phi) is 4.98. The van der Waals surface area contributed by atoms with Gasteiger partial charge in [0.2, 0.25) is 0 Å². The number of rotatable bonds is 2. The highest BCUT2D eigenvalue weighted by molar-refractivity contribution is 5.82. The number of piperazine rings is 1. The van der Waals surface area contributed by atoms with Crippen molar-refractivity contribution in [3.8, 4) is 5.75 Å². The van der Waals surface area contributed by atoms with E-state index in [0.29, 0.717) is 32.8 Å². The number of carbonyl (C=O) groups excluding carboxylic acids is 2. The second-order valence-electron chi connectivity index (χ2n) is 7.54. The molecular formula is C19H26N2O5. The number of hydrogen-bond acceptors (Lipinski definition) is 6. The summed E-state index contributed by atoms with van der Waals surface area (Å²) < 4.78 is 16.1. The molecule has 26 heavy (non-hydrogen) atoms. The van der Waals surface area contributed by atoms with Gasteiger partial charge in [0, 0.05) is 31.7 Å². The standard InChI is InChI=1S/C19H26N2O5/c1-19(2,3)26-18(23)21-10-8-20(9-11-21)15-7-5-6-13-14(17(22)24-4)12-25-16(13)15/h5-7,14H,8-12H2,1-4H3. The van der Waals surface area contributed by atoms with Crippen molar-refractivity contribution in [2.45, 2.75) is 32.3 Å². The van der Waals surface area contributed by atoms with Gasteiger partial charge in [-0.2, -0.15) is 0 Å². The van der Waals surface area contributed by atoms with Gasteiger partial charge in [0.05, 0.1) is 12.8 Å². The summed E-state index contributed by atoms with van der Waals surface area (Å²) in [6, 6.07) is 5.82. The van der Waals surface area contributed by atoms with Crippen LogP contribution in [0.2, 0.25) is 0 Å². The van der Waals surface area contributed by atoms with Gasteiger partial charge in [0.1, 0.15) is 23.9 Å². The monoisotopic (exact) mass is 362 g/mol. The molecule has 1 saturated heterocycles. The van der Waals surface area contributed by atoms with E-state index >= 15 is 0 Å². The van der Waals surface area contributed by atoms with Crippen LogP contribution in [0.1, 0.15) is 32.3 Å². The Morgan fingerprint density at radius 2 is 1.85 bits per heavy atom. The van der Waals surface area contributed by atoms with E-state index in [-0.39, 0.29) is 18.0 Å². The molecule has 1 aromatic rings. The normalized spacial score (nSPS) is 19.6. The Morgan fingerprint density at radius 1 is 1.15 bits per heavy atom. The molecule has 0 bridgehead atoms. The van der Waals surface area contributed by atoms with Gasteiger partial charge in [0.15, 0.2) is 0 Å². The highest BCUT2D eigenvalue weighted by Gasteiger charge is 2.35. The number of esters is 1. The molecule has 3 rings (SSSR count). The van der Waals surface area contributed by atoms with Crippen LogP contribution in [0.4, 0.5) is 10.5 Å². The maximum atomic E-state index is 12.2. The van der Waals surface area contributed by atoms with E-state index < -0.39 is 5.60 Å². The minimum Gasteiger partial charge on any atom is -0.490 e. The summed E-state index contributed by atoms with van der Waals surface area (Å²) in [5.74, 6) is 0.0854. The molecule has 1 fully saturated rings. The molecule has 1 unspecified atom stereocenters. The zero-order chi connectivity index (χ0) is 18.9. The van der Waals surface area contributed by atoms with Crippen LogP contribution in [-0.4, -0.2) is 62.5 Å². The Hall–Kier alpha value is -2.44.